The Morgan fingerprint density at radius 2 is 2.19 bits per heavy atom. The van der Waals surface area contributed by atoms with Crippen LogP contribution in [0.4, 0.5) is 5.82 Å². The predicted molar refractivity (Wildman–Crippen MR) is 104 cm³/mol. The van der Waals surface area contributed by atoms with Crippen molar-refractivity contribution in [2.24, 2.45) is 0 Å². The molecular formula is C18H21N7OS. The van der Waals surface area contributed by atoms with Crippen molar-refractivity contribution in [3.63, 3.8) is 0 Å². The molecule has 0 saturated carbocycles. The van der Waals surface area contributed by atoms with Gasteiger partial charge in [-0.2, -0.15) is 21.4 Å². The van der Waals surface area contributed by atoms with Gasteiger partial charge in [0.2, 0.25) is 0 Å². The van der Waals surface area contributed by atoms with Crippen LogP contribution in [-0.4, -0.2) is 47.9 Å². The van der Waals surface area contributed by atoms with Crippen molar-refractivity contribution in [3.8, 4) is 0 Å². The van der Waals surface area contributed by atoms with Crippen LogP contribution >= 0.6 is 11.8 Å². The summed E-state index contributed by atoms with van der Waals surface area (Å²) in [6, 6.07) is 5.92. The summed E-state index contributed by atoms with van der Waals surface area (Å²) in [5, 5.41) is 17.6. The lowest BCUT2D eigenvalue weighted by molar-refractivity contribution is 0.479. The summed E-state index contributed by atoms with van der Waals surface area (Å²) >= 11 is 1.87. The second-order valence-electron chi connectivity index (χ2n) is 7.14. The summed E-state index contributed by atoms with van der Waals surface area (Å²) in [6.45, 7) is 3.42. The van der Waals surface area contributed by atoms with Crippen LogP contribution in [0.3, 0.4) is 0 Å². The average Bonchev–Trinajstić information content (AvgIpc) is 3.29. The highest BCUT2D eigenvalue weighted by Crippen LogP contribution is 2.25. The molecule has 0 aliphatic carbocycles. The molecular weight excluding hydrogens is 362 g/mol. The molecule has 5 heterocycles. The molecule has 1 saturated heterocycles. The third kappa shape index (κ3) is 2.99. The lowest BCUT2D eigenvalue weighted by Crippen LogP contribution is -2.38. The van der Waals surface area contributed by atoms with Crippen molar-refractivity contribution in [2.75, 3.05) is 17.2 Å². The molecule has 0 N–H and O–H groups in total. The molecule has 1 unspecified atom stereocenters. The number of fused-ring (bicyclic) bond motifs is 2. The second kappa shape index (κ2) is 6.63. The van der Waals surface area contributed by atoms with Crippen LogP contribution in [0.15, 0.2) is 23.0 Å². The van der Waals surface area contributed by atoms with Crippen LogP contribution < -0.4 is 10.5 Å². The Morgan fingerprint density at radius 3 is 3.11 bits per heavy atom. The molecule has 2 aliphatic heterocycles. The molecule has 0 amide bonds. The van der Waals surface area contributed by atoms with E-state index in [9.17, 15) is 4.79 Å². The first-order valence-electron chi connectivity index (χ1n) is 9.32. The number of aromatic nitrogens is 6. The molecule has 8 nitrogen and oxygen atoms in total. The van der Waals surface area contributed by atoms with Gasteiger partial charge in [0.05, 0.1) is 18.3 Å². The third-order valence-electron chi connectivity index (χ3n) is 5.36. The predicted octanol–water partition coefficient (Wildman–Crippen LogP) is 1.45. The standard InChI is InChI=1S/C18H21N7OS/c1-12-19-20-16-4-5-17(22-25(12)16)23-7-2-3-14(23)10-24-18(26)9-13-11-27-8-6-15(13)21-24/h4-5,9,14H,2-3,6-8,10-11H2,1H3. The molecule has 0 bridgehead atoms. The first-order chi connectivity index (χ1) is 13.2. The number of rotatable bonds is 3. The van der Waals surface area contributed by atoms with E-state index in [1.807, 2.05) is 30.8 Å². The summed E-state index contributed by atoms with van der Waals surface area (Å²) in [4.78, 5) is 14.8. The van der Waals surface area contributed by atoms with E-state index in [0.717, 1.165) is 65.9 Å². The molecule has 0 spiro atoms. The Bertz CT molecular complexity index is 1060. The highest BCUT2D eigenvalue weighted by atomic mass is 32.2. The summed E-state index contributed by atoms with van der Waals surface area (Å²) < 4.78 is 3.42. The normalized spacial score (nSPS) is 19.6. The van der Waals surface area contributed by atoms with E-state index in [1.165, 1.54) is 0 Å². The van der Waals surface area contributed by atoms with E-state index >= 15 is 0 Å². The van der Waals surface area contributed by atoms with Crippen molar-refractivity contribution in [1.29, 1.82) is 0 Å². The number of hydrogen-bond donors (Lipinski definition) is 0. The summed E-state index contributed by atoms with van der Waals surface area (Å²) in [5.41, 5.74) is 2.93. The molecule has 3 aromatic heterocycles. The Hall–Kier alpha value is -2.42. The molecule has 1 atom stereocenters. The average molecular weight is 383 g/mol. The monoisotopic (exact) mass is 383 g/mol. The highest BCUT2D eigenvalue weighted by Gasteiger charge is 2.27. The summed E-state index contributed by atoms with van der Waals surface area (Å²) in [5.74, 6) is 3.65. The minimum Gasteiger partial charge on any atom is -0.350 e. The van der Waals surface area contributed by atoms with Gasteiger partial charge in [-0.05, 0) is 43.2 Å². The van der Waals surface area contributed by atoms with Gasteiger partial charge in [0.1, 0.15) is 5.82 Å². The van der Waals surface area contributed by atoms with Crippen LogP contribution in [0, 0.1) is 6.92 Å². The number of nitrogens with zero attached hydrogens (tertiary/aromatic N) is 7. The maximum Gasteiger partial charge on any atom is 0.267 e. The van der Waals surface area contributed by atoms with Gasteiger partial charge >= 0.3 is 0 Å². The second-order valence-corrected chi connectivity index (χ2v) is 8.24. The zero-order valence-electron chi connectivity index (χ0n) is 15.2. The molecule has 0 aromatic carbocycles. The lowest BCUT2D eigenvalue weighted by atomic mass is 10.2. The van der Waals surface area contributed by atoms with Crippen LogP contribution in [0.2, 0.25) is 0 Å². The lowest BCUT2D eigenvalue weighted by Gasteiger charge is -2.26. The van der Waals surface area contributed by atoms with Gasteiger partial charge in [-0.15, -0.1) is 15.3 Å². The van der Waals surface area contributed by atoms with Gasteiger partial charge < -0.3 is 4.90 Å². The molecule has 9 heteroatoms. The van der Waals surface area contributed by atoms with Crippen molar-refractivity contribution in [2.45, 2.75) is 44.5 Å². The quantitative estimate of drug-likeness (QED) is 0.677. The van der Waals surface area contributed by atoms with Gasteiger partial charge in [-0.3, -0.25) is 4.79 Å². The maximum absolute atomic E-state index is 12.5. The van der Waals surface area contributed by atoms with Crippen molar-refractivity contribution >= 4 is 23.2 Å². The fraction of sp³-hybridized carbons (Fsp3) is 0.500. The molecule has 27 heavy (non-hydrogen) atoms. The SMILES string of the molecule is Cc1nnc2ccc(N3CCCC3Cn3nc4c(cc3=O)CSCC4)nn12. The van der Waals surface area contributed by atoms with Crippen LogP contribution in [-0.2, 0) is 18.7 Å². The van der Waals surface area contributed by atoms with E-state index in [0.29, 0.717) is 6.54 Å². The molecule has 0 radical (unpaired) electrons. The van der Waals surface area contributed by atoms with Gasteiger partial charge in [0.25, 0.3) is 5.56 Å². The van der Waals surface area contributed by atoms with E-state index in [1.54, 1.807) is 15.3 Å². The van der Waals surface area contributed by atoms with E-state index in [4.69, 9.17) is 5.10 Å². The van der Waals surface area contributed by atoms with Crippen LogP contribution in [0.5, 0.6) is 0 Å². The maximum atomic E-state index is 12.5. The third-order valence-corrected chi connectivity index (χ3v) is 6.37. The number of anilines is 1. The Morgan fingerprint density at radius 1 is 1.26 bits per heavy atom. The Kier molecular flexibility index (Phi) is 4.11. The smallest absolute Gasteiger partial charge is 0.267 e. The minimum atomic E-state index is 0.00108. The first-order valence-corrected chi connectivity index (χ1v) is 10.5. The zero-order valence-corrected chi connectivity index (χ0v) is 16.0. The molecule has 5 rings (SSSR count). The largest absolute Gasteiger partial charge is 0.350 e. The van der Waals surface area contributed by atoms with E-state index < -0.39 is 0 Å². The summed E-state index contributed by atoms with van der Waals surface area (Å²) in [6.07, 6.45) is 3.06. The molecule has 1 fully saturated rings. The van der Waals surface area contributed by atoms with Gasteiger partial charge in [0.15, 0.2) is 11.5 Å². The zero-order chi connectivity index (χ0) is 18.4. The minimum absolute atomic E-state index is 0.00108. The molecule has 3 aromatic rings. The van der Waals surface area contributed by atoms with Crippen LogP contribution in [0.1, 0.15) is 29.9 Å². The fourth-order valence-electron chi connectivity index (χ4n) is 3.95. The van der Waals surface area contributed by atoms with Gasteiger partial charge in [0, 0.05) is 24.8 Å². The van der Waals surface area contributed by atoms with Gasteiger partial charge in [-0.1, -0.05) is 0 Å². The Labute approximate surface area is 160 Å². The van der Waals surface area contributed by atoms with Crippen LogP contribution in [0.25, 0.3) is 5.65 Å². The summed E-state index contributed by atoms with van der Waals surface area (Å²) in [7, 11) is 0. The highest BCUT2D eigenvalue weighted by molar-refractivity contribution is 7.98. The van der Waals surface area contributed by atoms with Gasteiger partial charge in [-0.25, -0.2) is 4.68 Å². The first kappa shape index (κ1) is 16.7. The molecule has 140 valence electrons. The van der Waals surface area contributed by atoms with Crippen molar-refractivity contribution < 1.29 is 0 Å². The van der Waals surface area contributed by atoms with E-state index in [-0.39, 0.29) is 11.6 Å². The number of hydrogen-bond acceptors (Lipinski definition) is 7. The van der Waals surface area contributed by atoms with E-state index in [2.05, 4.69) is 20.2 Å². The molecule has 2 aliphatic rings. The fourth-order valence-corrected chi connectivity index (χ4v) is 4.90. The number of thioether (sulfide) groups is 1. The Balaban J connectivity index is 1.44. The topological polar surface area (TPSA) is 81.2 Å². The van der Waals surface area contributed by atoms with Crippen molar-refractivity contribution in [1.82, 2.24) is 29.6 Å². The van der Waals surface area contributed by atoms with Crippen molar-refractivity contribution in [3.05, 3.63) is 45.6 Å². The number of aryl methyl sites for hydroxylation is 2.